The number of benzene rings is 1. The Morgan fingerprint density at radius 1 is 1.23 bits per heavy atom. The van der Waals surface area contributed by atoms with Crippen molar-refractivity contribution in [3.05, 3.63) is 46.7 Å². The number of hydrogen-bond donors (Lipinski definition) is 1. The lowest BCUT2D eigenvalue weighted by Gasteiger charge is -2.18. The van der Waals surface area contributed by atoms with Crippen LogP contribution < -0.4 is 9.62 Å². The summed E-state index contributed by atoms with van der Waals surface area (Å²) >= 11 is 1.12. The first-order valence-electron chi connectivity index (χ1n) is 6.75. The monoisotopic (exact) mass is 338 g/mol. The van der Waals surface area contributed by atoms with Crippen LogP contribution in [0.1, 0.15) is 23.5 Å². The molecule has 0 aliphatic heterocycles. The molecule has 1 amide bonds. The van der Waals surface area contributed by atoms with Gasteiger partial charge in [0.1, 0.15) is 0 Å². The minimum absolute atomic E-state index is 0.00153. The van der Waals surface area contributed by atoms with E-state index in [0.717, 1.165) is 11.3 Å². The van der Waals surface area contributed by atoms with Crippen molar-refractivity contribution in [3.63, 3.8) is 0 Å². The average molecular weight is 338 g/mol. The van der Waals surface area contributed by atoms with Gasteiger partial charge in [0.2, 0.25) is 0 Å². The van der Waals surface area contributed by atoms with Gasteiger partial charge in [-0.2, -0.15) is 0 Å². The molecule has 0 fully saturated rings. The van der Waals surface area contributed by atoms with E-state index in [9.17, 15) is 13.2 Å². The highest BCUT2D eigenvalue weighted by Gasteiger charge is 2.24. The van der Waals surface area contributed by atoms with E-state index in [1.165, 1.54) is 22.8 Å². The smallest absolute Gasteiger partial charge is 0.264 e. The number of carbonyl (C=O) groups excluding carboxylic acids is 1. The van der Waals surface area contributed by atoms with E-state index in [4.69, 9.17) is 0 Å². The van der Waals surface area contributed by atoms with E-state index in [1.807, 2.05) is 19.9 Å². The fourth-order valence-corrected chi connectivity index (χ4v) is 4.20. The minimum Gasteiger partial charge on any atom is -0.349 e. The number of rotatable bonds is 5. The summed E-state index contributed by atoms with van der Waals surface area (Å²) < 4.78 is 26.4. The summed E-state index contributed by atoms with van der Waals surface area (Å²) in [5, 5.41) is 4.24. The molecule has 0 spiro atoms. The second-order valence-electron chi connectivity index (χ2n) is 5.08. The van der Waals surface area contributed by atoms with E-state index in [2.05, 4.69) is 5.32 Å². The van der Waals surface area contributed by atoms with E-state index in [-0.39, 0.29) is 16.8 Å². The predicted molar refractivity (Wildman–Crippen MR) is 89.0 cm³/mol. The fraction of sp³-hybridized carbons (Fsp3) is 0.267. The summed E-state index contributed by atoms with van der Waals surface area (Å²) in [6.07, 6.45) is 0. The fourth-order valence-electron chi connectivity index (χ4n) is 1.84. The standard InChI is InChI=1S/C15H18N2O3S2/c1-11(2)16-15(18)14-9-13(10-21-14)22(19,20)17(3)12-7-5-4-6-8-12/h4-11H,1-3H3,(H,16,18). The van der Waals surface area contributed by atoms with Crippen LogP contribution in [0.2, 0.25) is 0 Å². The van der Waals surface area contributed by atoms with E-state index in [1.54, 1.807) is 24.3 Å². The summed E-state index contributed by atoms with van der Waals surface area (Å²) in [5.41, 5.74) is 0.571. The zero-order valence-electron chi connectivity index (χ0n) is 12.6. The highest BCUT2D eigenvalue weighted by Crippen LogP contribution is 2.25. The molecule has 22 heavy (non-hydrogen) atoms. The lowest BCUT2D eigenvalue weighted by Crippen LogP contribution is -2.29. The third-order valence-electron chi connectivity index (χ3n) is 3.00. The van der Waals surface area contributed by atoms with Crippen molar-refractivity contribution < 1.29 is 13.2 Å². The van der Waals surface area contributed by atoms with E-state index < -0.39 is 10.0 Å². The van der Waals surface area contributed by atoms with Crippen molar-refractivity contribution in [1.29, 1.82) is 0 Å². The molecule has 1 aromatic carbocycles. The highest BCUT2D eigenvalue weighted by molar-refractivity contribution is 7.93. The lowest BCUT2D eigenvalue weighted by atomic mass is 10.3. The molecule has 0 unspecified atom stereocenters. The summed E-state index contributed by atoms with van der Waals surface area (Å²) in [4.78, 5) is 12.4. The molecular weight excluding hydrogens is 320 g/mol. The number of nitrogens with one attached hydrogen (secondary N) is 1. The SMILES string of the molecule is CC(C)NC(=O)c1cc(S(=O)(=O)N(C)c2ccccc2)cs1. The second-order valence-corrected chi connectivity index (χ2v) is 7.96. The molecule has 0 aliphatic carbocycles. The van der Waals surface area contributed by atoms with Crippen LogP contribution in [0.25, 0.3) is 0 Å². The van der Waals surface area contributed by atoms with E-state index in [0.29, 0.717) is 10.6 Å². The Morgan fingerprint density at radius 2 is 1.86 bits per heavy atom. The van der Waals surface area contributed by atoms with Crippen molar-refractivity contribution in [2.45, 2.75) is 24.8 Å². The molecule has 1 aromatic heterocycles. The number of nitrogens with zero attached hydrogens (tertiary/aromatic N) is 1. The Balaban J connectivity index is 2.28. The van der Waals surface area contributed by atoms with Gasteiger partial charge in [-0.05, 0) is 32.0 Å². The molecule has 7 heteroatoms. The van der Waals surface area contributed by atoms with Crippen LogP contribution in [0.4, 0.5) is 5.69 Å². The third kappa shape index (κ3) is 3.48. The van der Waals surface area contributed by atoms with Gasteiger partial charge in [0.05, 0.1) is 15.5 Å². The highest BCUT2D eigenvalue weighted by atomic mass is 32.2. The molecule has 2 rings (SSSR count). The van der Waals surface area contributed by atoms with Crippen LogP contribution in [0.5, 0.6) is 0 Å². The Hall–Kier alpha value is -1.86. The van der Waals surface area contributed by atoms with Crippen LogP contribution in [0, 0.1) is 0 Å². The Morgan fingerprint density at radius 3 is 2.45 bits per heavy atom. The van der Waals surface area contributed by atoms with Gasteiger partial charge >= 0.3 is 0 Å². The molecule has 0 saturated heterocycles. The number of sulfonamides is 1. The summed E-state index contributed by atoms with van der Waals surface area (Å²) in [5.74, 6) is -0.260. The van der Waals surface area contributed by atoms with Gasteiger partial charge in [0.15, 0.2) is 0 Å². The maximum absolute atomic E-state index is 12.6. The Kier molecular flexibility index (Phi) is 4.87. The first kappa shape index (κ1) is 16.5. The lowest BCUT2D eigenvalue weighted by molar-refractivity contribution is 0.0947. The number of thiophene rings is 1. The summed E-state index contributed by atoms with van der Waals surface area (Å²) in [6, 6.07) is 10.2. The summed E-state index contributed by atoms with van der Waals surface area (Å²) in [7, 11) is -2.17. The average Bonchev–Trinajstić information content (AvgIpc) is 2.97. The maximum atomic E-state index is 12.6. The van der Waals surface area contributed by atoms with Gasteiger partial charge in [0.25, 0.3) is 15.9 Å². The maximum Gasteiger partial charge on any atom is 0.264 e. The number of anilines is 1. The minimum atomic E-state index is -3.67. The molecule has 0 saturated carbocycles. The predicted octanol–water partition coefficient (Wildman–Crippen LogP) is 2.71. The van der Waals surface area contributed by atoms with Crippen LogP contribution in [0.3, 0.4) is 0 Å². The molecule has 2 aromatic rings. The Bertz CT molecular complexity index is 752. The van der Waals surface area contributed by atoms with Crippen molar-refractivity contribution in [2.75, 3.05) is 11.4 Å². The van der Waals surface area contributed by atoms with Crippen LogP contribution in [-0.4, -0.2) is 27.4 Å². The van der Waals surface area contributed by atoms with Crippen LogP contribution in [-0.2, 0) is 10.0 Å². The van der Waals surface area contributed by atoms with Crippen LogP contribution >= 0.6 is 11.3 Å². The normalized spacial score (nSPS) is 11.5. The second kappa shape index (κ2) is 6.50. The molecule has 118 valence electrons. The van der Waals surface area contributed by atoms with Gasteiger partial charge in [-0.3, -0.25) is 9.10 Å². The van der Waals surface area contributed by atoms with Crippen molar-refractivity contribution in [3.8, 4) is 0 Å². The zero-order chi connectivity index (χ0) is 16.3. The zero-order valence-corrected chi connectivity index (χ0v) is 14.2. The summed E-state index contributed by atoms with van der Waals surface area (Å²) in [6.45, 7) is 3.71. The number of para-hydroxylation sites is 1. The van der Waals surface area contributed by atoms with Gasteiger partial charge in [-0.15, -0.1) is 11.3 Å². The number of amides is 1. The van der Waals surface area contributed by atoms with Crippen molar-refractivity contribution >= 4 is 33.0 Å². The quantitative estimate of drug-likeness (QED) is 0.911. The molecule has 1 heterocycles. The molecule has 0 bridgehead atoms. The van der Waals surface area contributed by atoms with Crippen LogP contribution in [0.15, 0.2) is 46.7 Å². The van der Waals surface area contributed by atoms with Gasteiger partial charge < -0.3 is 5.32 Å². The van der Waals surface area contributed by atoms with Crippen molar-refractivity contribution in [1.82, 2.24) is 5.32 Å². The van der Waals surface area contributed by atoms with E-state index >= 15 is 0 Å². The Labute approximate surface area is 134 Å². The number of carbonyl (C=O) groups is 1. The first-order valence-corrected chi connectivity index (χ1v) is 9.07. The van der Waals surface area contributed by atoms with Gasteiger partial charge in [-0.25, -0.2) is 8.42 Å². The molecule has 0 aliphatic rings. The molecule has 5 nitrogen and oxygen atoms in total. The first-order chi connectivity index (χ1) is 10.3. The number of hydrogen-bond acceptors (Lipinski definition) is 4. The third-order valence-corrected chi connectivity index (χ3v) is 5.84. The largest absolute Gasteiger partial charge is 0.349 e. The van der Waals surface area contributed by atoms with Gasteiger partial charge in [0, 0.05) is 18.5 Å². The molecule has 1 N–H and O–H groups in total. The van der Waals surface area contributed by atoms with Crippen molar-refractivity contribution in [2.24, 2.45) is 0 Å². The molecule has 0 radical (unpaired) electrons. The molecular formula is C15H18N2O3S2. The topological polar surface area (TPSA) is 66.5 Å². The molecule has 0 atom stereocenters. The van der Waals surface area contributed by atoms with Gasteiger partial charge in [-0.1, -0.05) is 18.2 Å².